The van der Waals surface area contributed by atoms with E-state index in [1.54, 1.807) is 0 Å². The van der Waals surface area contributed by atoms with Gasteiger partial charge in [-0.25, -0.2) is 0 Å². The number of unbranched alkanes of at least 4 members (excludes halogenated alkanes) is 19. The van der Waals surface area contributed by atoms with Crippen LogP contribution in [-0.2, 0) is 28.6 Å². The van der Waals surface area contributed by atoms with Crippen molar-refractivity contribution in [3.05, 3.63) is 72.9 Å². The first-order valence-electron chi connectivity index (χ1n) is 23.9. The predicted molar refractivity (Wildman–Crippen MR) is 247 cm³/mol. The molecule has 0 aliphatic carbocycles. The quantitative estimate of drug-likeness (QED) is 0.0264. The van der Waals surface area contributed by atoms with Gasteiger partial charge in [0.2, 0.25) is 0 Å². The van der Waals surface area contributed by atoms with Crippen molar-refractivity contribution in [3.63, 3.8) is 0 Å². The Bertz CT molecular complexity index is 1110. The Hall–Kier alpha value is -3.15. The number of esters is 3. The van der Waals surface area contributed by atoms with Crippen molar-refractivity contribution in [2.45, 2.75) is 226 Å². The topological polar surface area (TPSA) is 78.9 Å². The molecule has 1 atom stereocenters. The second kappa shape index (κ2) is 46.5. The number of hydrogen-bond donors (Lipinski definition) is 0. The first-order valence-corrected chi connectivity index (χ1v) is 23.9. The zero-order valence-corrected chi connectivity index (χ0v) is 37.8. The van der Waals surface area contributed by atoms with Gasteiger partial charge in [-0.1, -0.05) is 203 Å². The van der Waals surface area contributed by atoms with Gasteiger partial charge >= 0.3 is 17.9 Å². The van der Waals surface area contributed by atoms with Crippen molar-refractivity contribution in [1.82, 2.24) is 0 Å². The van der Waals surface area contributed by atoms with Gasteiger partial charge in [0.15, 0.2) is 6.10 Å². The predicted octanol–water partition coefficient (Wildman–Crippen LogP) is 15.5. The molecule has 1 unspecified atom stereocenters. The second-order valence-electron chi connectivity index (χ2n) is 15.6. The van der Waals surface area contributed by atoms with E-state index in [1.165, 1.54) is 83.5 Å². The first-order chi connectivity index (χ1) is 28.5. The maximum atomic E-state index is 12.7. The second-order valence-corrected chi connectivity index (χ2v) is 15.6. The molecule has 6 heteroatoms. The van der Waals surface area contributed by atoms with Gasteiger partial charge < -0.3 is 14.2 Å². The van der Waals surface area contributed by atoms with Crippen molar-refractivity contribution >= 4 is 17.9 Å². The smallest absolute Gasteiger partial charge is 0.306 e. The normalized spacial score (nSPS) is 12.7. The van der Waals surface area contributed by atoms with Gasteiger partial charge in [-0.15, -0.1) is 0 Å². The van der Waals surface area contributed by atoms with Gasteiger partial charge in [0.05, 0.1) is 0 Å². The number of hydrogen-bond acceptors (Lipinski definition) is 6. The minimum Gasteiger partial charge on any atom is -0.462 e. The average molecular weight is 809 g/mol. The van der Waals surface area contributed by atoms with E-state index < -0.39 is 6.10 Å². The number of rotatable bonds is 42. The molecule has 0 saturated heterocycles. The first kappa shape index (κ1) is 54.9. The largest absolute Gasteiger partial charge is 0.462 e. The van der Waals surface area contributed by atoms with Crippen LogP contribution in [0.1, 0.15) is 220 Å². The summed E-state index contributed by atoms with van der Waals surface area (Å²) in [6, 6.07) is 0. The van der Waals surface area contributed by atoms with Crippen molar-refractivity contribution in [3.8, 4) is 0 Å². The van der Waals surface area contributed by atoms with E-state index in [-0.39, 0.29) is 31.1 Å². The zero-order valence-electron chi connectivity index (χ0n) is 37.8. The van der Waals surface area contributed by atoms with Crippen LogP contribution in [0.25, 0.3) is 0 Å². The summed E-state index contributed by atoms with van der Waals surface area (Å²) < 4.78 is 16.6. The van der Waals surface area contributed by atoms with Crippen molar-refractivity contribution in [1.29, 1.82) is 0 Å². The highest BCUT2D eigenvalue weighted by Crippen LogP contribution is 2.14. The molecular weight excluding hydrogens is 721 g/mol. The Morgan fingerprint density at radius 1 is 0.362 bits per heavy atom. The molecule has 0 aliphatic heterocycles. The molecule has 0 fully saturated rings. The number of carbonyl (C=O) groups excluding carboxylic acids is 3. The molecule has 0 spiro atoms. The maximum Gasteiger partial charge on any atom is 0.306 e. The molecular formula is C52H88O6. The minimum absolute atomic E-state index is 0.0883. The molecule has 0 bridgehead atoms. The van der Waals surface area contributed by atoms with Crippen molar-refractivity contribution in [2.24, 2.45) is 0 Å². The fraction of sp³-hybridized carbons (Fsp3) is 0.712. The Morgan fingerprint density at radius 3 is 1.05 bits per heavy atom. The lowest BCUT2D eigenvalue weighted by atomic mass is 10.0. The molecule has 0 aromatic carbocycles. The van der Waals surface area contributed by atoms with Crippen LogP contribution < -0.4 is 0 Å². The third-order valence-corrected chi connectivity index (χ3v) is 9.98. The van der Waals surface area contributed by atoms with E-state index in [0.717, 1.165) is 96.3 Å². The summed E-state index contributed by atoms with van der Waals surface area (Å²) in [5.74, 6) is -0.945. The number of ether oxygens (including phenoxy) is 3. The molecule has 0 aliphatic rings. The van der Waals surface area contributed by atoms with Crippen LogP contribution in [0.15, 0.2) is 72.9 Å². The number of allylic oxidation sites excluding steroid dienone is 12. The molecule has 0 radical (unpaired) electrons. The minimum atomic E-state index is -0.786. The van der Waals surface area contributed by atoms with Gasteiger partial charge in [0, 0.05) is 19.3 Å². The highest BCUT2D eigenvalue weighted by atomic mass is 16.6. The Labute approximate surface area is 357 Å². The monoisotopic (exact) mass is 809 g/mol. The lowest BCUT2D eigenvalue weighted by Crippen LogP contribution is -2.30. The molecule has 0 aromatic rings. The highest BCUT2D eigenvalue weighted by molar-refractivity contribution is 5.71. The summed E-state index contributed by atoms with van der Waals surface area (Å²) in [5, 5.41) is 0. The van der Waals surface area contributed by atoms with Gasteiger partial charge in [-0.05, 0) is 70.6 Å². The van der Waals surface area contributed by atoms with E-state index in [4.69, 9.17) is 14.2 Å². The molecule has 0 heterocycles. The van der Waals surface area contributed by atoms with Crippen molar-refractivity contribution in [2.75, 3.05) is 13.2 Å². The molecule has 58 heavy (non-hydrogen) atoms. The van der Waals surface area contributed by atoms with E-state index in [0.29, 0.717) is 19.3 Å². The molecule has 0 amide bonds. The molecule has 0 rings (SSSR count). The molecule has 0 N–H and O–H groups in total. The van der Waals surface area contributed by atoms with Crippen LogP contribution in [0.2, 0.25) is 0 Å². The summed E-state index contributed by atoms with van der Waals surface area (Å²) in [7, 11) is 0. The fourth-order valence-corrected chi connectivity index (χ4v) is 6.38. The van der Waals surface area contributed by atoms with E-state index >= 15 is 0 Å². The standard InChI is InChI=1S/C52H88O6/c1-4-7-10-13-16-18-20-22-23-24-25-26-27-28-29-31-32-34-36-39-42-45-51(54)57-48-49(47-56-50(53)44-41-38-15-12-9-6-3)58-52(55)46-43-40-37-35-33-30-21-19-17-14-11-8-5-2/h7,10,16,18,22-23,25-26,28-29,32,34,49H,4-6,8-9,11-15,17,19-21,24,27,30-31,33,35-48H2,1-3H3/b10-7-,18-16-,23-22-,26-25-,29-28-,34-32-. The van der Waals surface area contributed by atoms with Crippen molar-refractivity contribution < 1.29 is 28.6 Å². The van der Waals surface area contributed by atoms with E-state index in [1.807, 2.05) is 0 Å². The van der Waals surface area contributed by atoms with Crippen LogP contribution in [0.4, 0.5) is 0 Å². The molecule has 0 saturated carbocycles. The summed E-state index contributed by atoms with van der Waals surface area (Å²) in [6.45, 7) is 6.41. The van der Waals surface area contributed by atoms with Gasteiger partial charge in [0.25, 0.3) is 0 Å². The summed E-state index contributed by atoms with van der Waals surface area (Å²) >= 11 is 0. The van der Waals surface area contributed by atoms with Gasteiger partial charge in [0.1, 0.15) is 13.2 Å². The molecule has 0 aromatic heterocycles. The Morgan fingerprint density at radius 2 is 0.672 bits per heavy atom. The zero-order chi connectivity index (χ0) is 42.3. The molecule has 332 valence electrons. The van der Waals surface area contributed by atoms with Gasteiger partial charge in [-0.3, -0.25) is 14.4 Å². The van der Waals surface area contributed by atoms with E-state index in [2.05, 4.69) is 93.7 Å². The van der Waals surface area contributed by atoms with Crippen LogP contribution >= 0.6 is 0 Å². The van der Waals surface area contributed by atoms with Gasteiger partial charge in [-0.2, -0.15) is 0 Å². The van der Waals surface area contributed by atoms with Crippen LogP contribution in [0.3, 0.4) is 0 Å². The number of carbonyl (C=O) groups is 3. The summed E-state index contributed by atoms with van der Waals surface area (Å²) in [4.78, 5) is 37.6. The molecule has 6 nitrogen and oxygen atoms in total. The Balaban J connectivity index is 4.32. The third-order valence-electron chi connectivity index (χ3n) is 9.98. The summed E-state index contributed by atoms with van der Waals surface area (Å²) in [5.41, 5.74) is 0. The van der Waals surface area contributed by atoms with Crippen LogP contribution in [0.5, 0.6) is 0 Å². The maximum absolute atomic E-state index is 12.7. The third kappa shape index (κ3) is 44.0. The lowest BCUT2D eigenvalue weighted by molar-refractivity contribution is -0.167. The van der Waals surface area contributed by atoms with Crippen LogP contribution in [0, 0.1) is 0 Å². The lowest BCUT2D eigenvalue weighted by Gasteiger charge is -2.18. The van der Waals surface area contributed by atoms with Crippen LogP contribution in [-0.4, -0.2) is 37.2 Å². The highest BCUT2D eigenvalue weighted by Gasteiger charge is 2.19. The SMILES string of the molecule is CC/C=C\C/C=C\C/C=C\C/C=C\C/C=C\C/C=C\CCCCC(=O)OCC(COC(=O)CCCCCCCC)OC(=O)CCCCCCCCCCCCCCC. The summed E-state index contributed by atoms with van der Waals surface area (Å²) in [6.07, 6.45) is 57.6. The fourth-order valence-electron chi connectivity index (χ4n) is 6.38. The Kier molecular flexibility index (Phi) is 44.0. The average Bonchev–Trinajstić information content (AvgIpc) is 3.22. The van der Waals surface area contributed by atoms with E-state index in [9.17, 15) is 14.4 Å².